The minimum Gasteiger partial charge on any atom is -0.221 e. The van der Waals surface area contributed by atoms with Gasteiger partial charge in [-0.1, -0.05) is 0 Å². The Balaban J connectivity index is 2.77. The summed E-state index contributed by atoms with van der Waals surface area (Å²) in [5.74, 6) is -1.35. The molecule has 0 aromatic carbocycles. The lowest BCUT2D eigenvalue weighted by atomic mass is 10.1. The van der Waals surface area contributed by atoms with Crippen LogP contribution in [0.25, 0.3) is 0 Å². The Bertz CT molecular complexity index is 166. The Morgan fingerprint density at radius 1 is 1.67 bits per heavy atom. The molecule has 1 rings (SSSR count). The van der Waals surface area contributed by atoms with Gasteiger partial charge in [0.1, 0.15) is 5.06 Å². The third-order valence-corrected chi connectivity index (χ3v) is 1.35. The Morgan fingerprint density at radius 2 is 2.22 bits per heavy atom. The van der Waals surface area contributed by atoms with Crippen LogP contribution in [0.4, 0.5) is 0 Å². The summed E-state index contributed by atoms with van der Waals surface area (Å²) in [5, 5.41) is 8.76. The SMILES string of the molecule is CC1CC(=O)[N+](O)C1=O. The maximum absolute atomic E-state index is 10.6. The number of hydroxylamine groups is 2. The van der Waals surface area contributed by atoms with Gasteiger partial charge in [-0.25, -0.2) is 9.59 Å². The van der Waals surface area contributed by atoms with Crippen molar-refractivity contribution in [1.82, 2.24) is 5.06 Å². The van der Waals surface area contributed by atoms with E-state index in [0.717, 1.165) is 0 Å². The minimum atomic E-state index is -0.507. The van der Waals surface area contributed by atoms with Crippen LogP contribution in [0.5, 0.6) is 0 Å². The molecule has 1 fully saturated rings. The van der Waals surface area contributed by atoms with E-state index in [1.807, 2.05) is 0 Å². The number of imide groups is 1. The average molecular weight is 129 g/mol. The number of amides is 2. The van der Waals surface area contributed by atoms with Crippen molar-refractivity contribution in [3.63, 3.8) is 0 Å². The number of hydrogen-bond acceptors (Lipinski definition) is 3. The van der Waals surface area contributed by atoms with Crippen LogP contribution >= 0.6 is 0 Å². The van der Waals surface area contributed by atoms with Gasteiger partial charge in [0.05, 0.1) is 12.3 Å². The van der Waals surface area contributed by atoms with Crippen molar-refractivity contribution in [2.24, 2.45) is 5.92 Å². The predicted molar refractivity (Wildman–Crippen MR) is 27.7 cm³/mol. The van der Waals surface area contributed by atoms with Crippen LogP contribution in [0.2, 0.25) is 0 Å². The third-order valence-electron chi connectivity index (χ3n) is 1.35. The monoisotopic (exact) mass is 129 g/mol. The molecular weight excluding hydrogens is 122 g/mol. The van der Waals surface area contributed by atoms with E-state index in [4.69, 9.17) is 5.21 Å². The molecule has 1 atom stereocenters. The first-order chi connectivity index (χ1) is 4.13. The molecule has 1 aliphatic heterocycles. The summed E-state index contributed by atoms with van der Waals surface area (Å²) < 4.78 is 0. The normalized spacial score (nSPS) is 29.8. The number of carbonyl (C=O) groups is 2. The Kier molecular flexibility index (Phi) is 1.34. The van der Waals surface area contributed by atoms with Gasteiger partial charge in [-0.15, -0.1) is 5.21 Å². The fraction of sp³-hybridized carbons (Fsp3) is 0.600. The summed E-state index contributed by atoms with van der Waals surface area (Å²) in [6.07, 6.45) is 0.134. The molecule has 0 aromatic heterocycles. The predicted octanol–water partition coefficient (Wildman–Crippen LogP) is -0.391. The molecule has 1 aliphatic rings. The zero-order valence-electron chi connectivity index (χ0n) is 5.00. The average Bonchev–Trinajstić information content (AvgIpc) is 1.98. The van der Waals surface area contributed by atoms with Crippen molar-refractivity contribution in [2.45, 2.75) is 13.3 Å². The van der Waals surface area contributed by atoms with Crippen molar-refractivity contribution >= 4 is 11.8 Å². The van der Waals surface area contributed by atoms with Gasteiger partial charge >= 0.3 is 11.8 Å². The van der Waals surface area contributed by atoms with Crippen molar-refractivity contribution in [3.05, 3.63) is 0 Å². The fourth-order valence-corrected chi connectivity index (χ4v) is 0.767. The van der Waals surface area contributed by atoms with E-state index in [2.05, 4.69) is 0 Å². The van der Waals surface area contributed by atoms with E-state index in [-0.39, 0.29) is 17.4 Å². The van der Waals surface area contributed by atoms with E-state index < -0.39 is 11.8 Å². The number of rotatable bonds is 0. The third kappa shape index (κ3) is 0.863. The molecule has 1 unspecified atom stereocenters. The van der Waals surface area contributed by atoms with E-state index >= 15 is 0 Å². The first-order valence-corrected chi connectivity index (χ1v) is 2.68. The lowest BCUT2D eigenvalue weighted by Gasteiger charge is -1.83. The molecule has 0 aromatic rings. The van der Waals surface area contributed by atoms with E-state index in [0.29, 0.717) is 0 Å². The molecule has 0 aliphatic carbocycles. The highest BCUT2D eigenvalue weighted by Crippen LogP contribution is 2.13. The van der Waals surface area contributed by atoms with Gasteiger partial charge in [-0.2, -0.15) is 0 Å². The Labute approximate surface area is 52.0 Å². The second-order valence-electron chi connectivity index (χ2n) is 2.15. The zero-order chi connectivity index (χ0) is 7.02. The van der Waals surface area contributed by atoms with Crippen LogP contribution in [-0.2, 0) is 9.59 Å². The number of nitrogens with zero attached hydrogens (tertiary/aromatic N) is 1. The van der Waals surface area contributed by atoms with Crippen LogP contribution < -0.4 is 5.06 Å². The first-order valence-electron chi connectivity index (χ1n) is 2.68. The molecule has 0 saturated carbocycles. The highest BCUT2D eigenvalue weighted by atomic mass is 16.5. The molecule has 1 saturated heterocycles. The summed E-state index contributed by atoms with van der Waals surface area (Å²) in [4.78, 5) is 21.0. The van der Waals surface area contributed by atoms with Gasteiger partial charge in [-0.05, 0) is 6.92 Å². The first kappa shape index (κ1) is 6.38. The van der Waals surface area contributed by atoms with Gasteiger partial charge in [0, 0.05) is 0 Å². The summed E-state index contributed by atoms with van der Waals surface area (Å²) >= 11 is 0. The molecule has 1 heterocycles. The second-order valence-corrected chi connectivity index (χ2v) is 2.15. The van der Waals surface area contributed by atoms with Crippen LogP contribution in [0.15, 0.2) is 0 Å². The Hall–Kier alpha value is -0.740. The number of carbonyl (C=O) groups excluding carboxylic acids is 2. The Morgan fingerprint density at radius 3 is 2.33 bits per heavy atom. The fourth-order valence-electron chi connectivity index (χ4n) is 0.767. The van der Waals surface area contributed by atoms with E-state index in [9.17, 15) is 9.59 Å². The highest BCUT2D eigenvalue weighted by Gasteiger charge is 2.48. The molecular formula is C5H7NO3+. The maximum atomic E-state index is 10.6. The molecule has 49 valence electrons. The van der Waals surface area contributed by atoms with Gasteiger partial charge in [0.2, 0.25) is 0 Å². The standard InChI is InChI=1S/C5H7NO3/c1-3-2-4(7)6(9)5(3)8/h3,9H,2H2,1H3/q+1. The molecule has 2 amide bonds. The molecule has 0 spiro atoms. The summed E-state index contributed by atoms with van der Waals surface area (Å²) in [6.45, 7) is 1.61. The van der Waals surface area contributed by atoms with Crippen LogP contribution in [-0.4, -0.2) is 17.0 Å². The minimum absolute atomic E-state index is 0.134. The lowest BCUT2D eigenvalue weighted by Crippen LogP contribution is -2.32. The molecule has 1 N–H and O–H groups in total. The van der Waals surface area contributed by atoms with Crippen molar-refractivity contribution in [1.29, 1.82) is 0 Å². The van der Waals surface area contributed by atoms with Gasteiger partial charge in [0.15, 0.2) is 0 Å². The van der Waals surface area contributed by atoms with Gasteiger partial charge in [-0.3, -0.25) is 0 Å². The van der Waals surface area contributed by atoms with E-state index in [1.54, 1.807) is 6.92 Å². The van der Waals surface area contributed by atoms with Crippen LogP contribution in [0.1, 0.15) is 13.3 Å². The zero-order valence-corrected chi connectivity index (χ0v) is 5.00. The summed E-state index contributed by atoms with van der Waals surface area (Å²) in [5.41, 5.74) is 0. The molecule has 4 heteroatoms. The highest BCUT2D eigenvalue weighted by molar-refractivity contribution is 6.04. The van der Waals surface area contributed by atoms with E-state index in [1.165, 1.54) is 0 Å². The van der Waals surface area contributed by atoms with Crippen molar-refractivity contribution in [2.75, 3.05) is 0 Å². The second kappa shape index (κ2) is 1.89. The molecule has 1 radical (unpaired) electrons. The van der Waals surface area contributed by atoms with Crippen molar-refractivity contribution < 1.29 is 14.8 Å². The number of hydrogen-bond donors (Lipinski definition) is 1. The van der Waals surface area contributed by atoms with Gasteiger partial charge < -0.3 is 0 Å². The van der Waals surface area contributed by atoms with Gasteiger partial charge in [0.25, 0.3) is 0 Å². The molecule has 4 nitrogen and oxygen atoms in total. The summed E-state index contributed by atoms with van der Waals surface area (Å²) in [6, 6.07) is 0. The maximum Gasteiger partial charge on any atom is 0.409 e. The largest absolute Gasteiger partial charge is 0.409 e. The summed E-state index contributed by atoms with van der Waals surface area (Å²) in [7, 11) is 0. The van der Waals surface area contributed by atoms with Crippen LogP contribution in [0.3, 0.4) is 0 Å². The smallest absolute Gasteiger partial charge is 0.221 e. The molecule has 0 bridgehead atoms. The quantitative estimate of drug-likeness (QED) is 0.275. The topological polar surface area (TPSA) is 60.3 Å². The van der Waals surface area contributed by atoms with Crippen LogP contribution in [0, 0.1) is 5.92 Å². The lowest BCUT2D eigenvalue weighted by molar-refractivity contribution is -0.152. The molecule has 9 heavy (non-hydrogen) atoms. The van der Waals surface area contributed by atoms with Crippen molar-refractivity contribution in [3.8, 4) is 0 Å².